The first-order valence-electron chi connectivity index (χ1n) is 7.49. The van der Waals surface area contributed by atoms with E-state index in [4.69, 9.17) is 22.1 Å². The maximum atomic E-state index is 12.7. The minimum atomic E-state index is -0.505. The van der Waals surface area contributed by atoms with Crippen LogP contribution in [0.15, 0.2) is 23.4 Å². The molecule has 7 nitrogen and oxygen atoms in total. The van der Waals surface area contributed by atoms with Gasteiger partial charge in [0.1, 0.15) is 11.8 Å². The number of ether oxygens (including phenoxy) is 1. The lowest BCUT2D eigenvalue weighted by Crippen LogP contribution is -2.27. The molecule has 1 unspecified atom stereocenters. The van der Waals surface area contributed by atoms with Gasteiger partial charge in [0.05, 0.1) is 12.1 Å². The van der Waals surface area contributed by atoms with Crippen LogP contribution < -0.4 is 15.8 Å². The average molecular weight is 370 g/mol. The van der Waals surface area contributed by atoms with Crippen molar-refractivity contribution < 1.29 is 9.53 Å². The second-order valence-corrected chi connectivity index (χ2v) is 6.54. The molecule has 0 spiro atoms. The highest BCUT2D eigenvalue weighted by atomic mass is 35.5. The summed E-state index contributed by atoms with van der Waals surface area (Å²) in [5, 5.41) is 11.8. The van der Waals surface area contributed by atoms with Crippen LogP contribution in [-0.4, -0.2) is 33.5 Å². The van der Waals surface area contributed by atoms with Crippen LogP contribution in [0.1, 0.15) is 26.3 Å². The highest BCUT2D eigenvalue weighted by Crippen LogP contribution is 2.29. The van der Waals surface area contributed by atoms with Crippen molar-refractivity contribution in [2.24, 2.45) is 0 Å². The van der Waals surface area contributed by atoms with Crippen molar-refractivity contribution in [1.82, 2.24) is 14.8 Å². The summed E-state index contributed by atoms with van der Waals surface area (Å²) in [5.74, 6) is 1.37. The van der Waals surface area contributed by atoms with Gasteiger partial charge in [-0.15, -0.1) is 10.2 Å². The van der Waals surface area contributed by atoms with E-state index in [1.807, 2.05) is 13.8 Å². The van der Waals surface area contributed by atoms with E-state index in [1.54, 1.807) is 22.8 Å². The predicted octanol–water partition coefficient (Wildman–Crippen LogP) is 3.22. The number of amides is 1. The van der Waals surface area contributed by atoms with E-state index in [1.165, 1.54) is 18.9 Å². The van der Waals surface area contributed by atoms with E-state index in [2.05, 4.69) is 15.5 Å². The maximum Gasteiger partial charge on any atom is 0.247 e. The van der Waals surface area contributed by atoms with Gasteiger partial charge in [-0.1, -0.05) is 37.2 Å². The molecule has 9 heteroatoms. The lowest BCUT2D eigenvalue weighted by Gasteiger charge is -2.19. The Morgan fingerprint density at radius 3 is 2.79 bits per heavy atom. The summed E-state index contributed by atoms with van der Waals surface area (Å²) < 4.78 is 6.77. The van der Waals surface area contributed by atoms with E-state index in [-0.39, 0.29) is 11.9 Å². The number of rotatable bonds is 7. The molecule has 1 atom stereocenters. The van der Waals surface area contributed by atoms with Crippen LogP contribution in [0.25, 0.3) is 0 Å². The zero-order valence-corrected chi connectivity index (χ0v) is 15.3. The molecular weight excluding hydrogens is 350 g/mol. The minimum Gasteiger partial charge on any atom is -0.495 e. The number of methoxy groups -OCH3 is 1. The number of hydrogen-bond acceptors (Lipinski definition) is 6. The van der Waals surface area contributed by atoms with Gasteiger partial charge in [-0.05, 0) is 30.4 Å². The summed E-state index contributed by atoms with van der Waals surface area (Å²) in [6.07, 6.45) is 0.551. The molecule has 130 valence electrons. The van der Waals surface area contributed by atoms with Gasteiger partial charge in [-0.25, -0.2) is 0 Å². The number of halogens is 1. The van der Waals surface area contributed by atoms with Crippen molar-refractivity contribution in [1.29, 1.82) is 0 Å². The van der Waals surface area contributed by atoms with Crippen LogP contribution >= 0.6 is 23.4 Å². The van der Waals surface area contributed by atoms with Crippen molar-refractivity contribution in [3.05, 3.63) is 23.2 Å². The first-order valence-corrected chi connectivity index (χ1v) is 8.85. The van der Waals surface area contributed by atoms with Crippen molar-refractivity contribution in [2.75, 3.05) is 23.9 Å². The lowest BCUT2D eigenvalue weighted by atomic mass is 10.2. The van der Waals surface area contributed by atoms with Crippen LogP contribution in [0.3, 0.4) is 0 Å². The highest BCUT2D eigenvalue weighted by molar-refractivity contribution is 7.99. The summed E-state index contributed by atoms with van der Waals surface area (Å²) in [7, 11) is 1.54. The van der Waals surface area contributed by atoms with E-state index in [9.17, 15) is 4.79 Å². The SMILES string of the molecule is CCSc1nnc(N)n1C(CC)C(=O)Nc1ccc(OC)c(Cl)c1. The molecule has 0 aliphatic carbocycles. The van der Waals surface area contributed by atoms with Crippen LogP contribution in [0.5, 0.6) is 5.75 Å². The highest BCUT2D eigenvalue weighted by Gasteiger charge is 2.25. The number of benzene rings is 1. The summed E-state index contributed by atoms with van der Waals surface area (Å²) in [5.41, 5.74) is 6.48. The number of carbonyl (C=O) groups excluding carboxylic acids is 1. The van der Waals surface area contributed by atoms with E-state index >= 15 is 0 Å². The van der Waals surface area contributed by atoms with Gasteiger partial charge in [0.25, 0.3) is 0 Å². The monoisotopic (exact) mass is 369 g/mol. The van der Waals surface area contributed by atoms with Crippen LogP contribution in [0.2, 0.25) is 5.02 Å². The smallest absolute Gasteiger partial charge is 0.247 e. The van der Waals surface area contributed by atoms with Gasteiger partial charge in [0, 0.05) is 5.69 Å². The van der Waals surface area contributed by atoms with Crippen LogP contribution in [-0.2, 0) is 4.79 Å². The minimum absolute atomic E-state index is 0.205. The van der Waals surface area contributed by atoms with Crippen molar-refractivity contribution in [3.63, 3.8) is 0 Å². The average Bonchev–Trinajstić information content (AvgIpc) is 2.90. The zero-order chi connectivity index (χ0) is 17.7. The third-order valence-electron chi connectivity index (χ3n) is 3.38. The Labute approximate surface area is 149 Å². The second-order valence-electron chi connectivity index (χ2n) is 4.91. The van der Waals surface area contributed by atoms with Crippen molar-refractivity contribution in [3.8, 4) is 5.75 Å². The number of anilines is 2. The Kier molecular flexibility index (Phi) is 6.33. The number of nitrogens with one attached hydrogen (secondary N) is 1. The van der Waals surface area contributed by atoms with E-state index in [0.29, 0.717) is 28.0 Å². The van der Waals surface area contributed by atoms with Gasteiger partial charge in [-0.2, -0.15) is 0 Å². The molecular formula is C15H20ClN5O2S. The number of nitrogens with zero attached hydrogens (tertiary/aromatic N) is 3. The number of carbonyl (C=O) groups is 1. The quantitative estimate of drug-likeness (QED) is 0.727. The fourth-order valence-electron chi connectivity index (χ4n) is 2.26. The summed E-state index contributed by atoms with van der Waals surface area (Å²) in [6, 6.07) is 4.56. The molecule has 2 rings (SSSR count). The Bertz CT molecular complexity index is 722. The van der Waals surface area contributed by atoms with E-state index in [0.717, 1.165) is 5.75 Å². The first-order chi connectivity index (χ1) is 11.5. The number of nitrogen functional groups attached to an aromatic ring is 1. The maximum absolute atomic E-state index is 12.7. The lowest BCUT2D eigenvalue weighted by molar-refractivity contribution is -0.119. The molecule has 2 aromatic rings. The standard InChI is InChI=1S/C15H20ClN5O2S/c1-4-11(21-14(17)19-20-15(21)24-5-2)13(22)18-9-6-7-12(23-3)10(16)8-9/h6-8,11H,4-5H2,1-3H3,(H2,17,19)(H,18,22). The Morgan fingerprint density at radius 2 is 2.21 bits per heavy atom. The van der Waals surface area contributed by atoms with Crippen LogP contribution in [0.4, 0.5) is 11.6 Å². The largest absolute Gasteiger partial charge is 0.495 e. The number of nitrogens with two attached hydrogens (primary N) is 1. The predicted molar refractivity (Wildman–Crippen MR) is 96.8 cm³/mol. The van der Waals surface area contributed by atoms with Gasteiger partial charge < -0.3 is 15.8 Å². The fraction of sp³-hybridized carbons (Fsp3) is 0.400. The number of aromatic nitrogens is 3. The third-order valence-corrected chi connectivity index (χ3v) is 4.51. The molecule has 0 fully saturated rings. The van der Waals surface area contributed by atoms with Crippen molar-refractivity contribution in [2.45, 2.75) is 31.5 Å². The molecule has 0 radical (unpaired) electrons. The molecule has 0 saturated carbocycles. The van der Waals surface area contributed by atoms with Gasteiger partial charge in [0.2, 0.25) is 11.9 Å². The molecule has 0 saturated heterocycles. The molecule has 1 aromatic heterocycles. The van der Waals surface area contributed by atoms with Crippen LogP contribution in [0, 0.1) is 0 Å². The topological polar surface area (TPSA) is 95.1 Å². The van der Waals surface area contributed by atoms with Gasteiger partial charge in [0.15, 0.2) is 5.16 Å². The number of hydrogen-bond donors (Lipinski definition) is 2. The summed E-state index contributed by atoms with van der Waals surface area (Å²) >= 11 is 7.58. The Morgan fingerprint density at radius 1 is 1.46 bits per heavy atom. The molecule has 0 aliphatic rings. The molecule has 3 N–H and O–H groups in total. The molecule has 1 amide bonds. The summed E-state index contributed by atoms with van der Waals surface area (Å²) in [6.45, 7) is 3.91. The molecule has 1 heterocycles. The Hall–Kier alpha value is -1.93. The molecule has 0 aliphatic heterocycles. The third kappa shape index (κ3) is 3.93. The Balaban J connectivity index is 2.23. The van der Waals surface area contributed by atoms with E-state index < -0.39 is 6.04 Å². The van der Waals surface area contributed by atoms with Crippen molar-refractivity contribution >= 4 is 40.9 Å². The fourth-order valence-corrected chi connectivity index (χ4v) is 3.24. The molecule has 1 aromatic carbocycles. The first kappa shape index (κ1) is 18.4. The van der Waals surface area contributed by atoms with Gasteiger partial charge >= 0.3 is 0 Å². The normalized spacial score (nSPS) is 12.0. The second kappa shape index (κ2) is 8.25. The molecule has 0 bridgehead atoms. The summed E-state index contributed by atoms with van der Waals surface area (Å²) in [4.78, 5) is 12.7. The molecule has 24 heavy (non-hydrogen) atoms. The number of thioether (sulfide) groups is 1. The zero-order valence-electron chi connectivity index (χ0n) is 13.7. The van der Waals surface area contributed by atoms with Gasteiger partial charge in [-0.3, -0.25) is 9.36 Å².